The third-order valence-electron chi connectivity index (χ3n) is 2.15. The van der Waals surface area contributed by atoms with Crippen LogP contribution in [-0.2, 0) is 16.3 Å². The number of rotatable bonds is 3. The van der Waals surface area contributed by atoms with Gasteiger partial charge in [-0.2, -0.15) is 0 Å². The van der Waals surface area contributed by atoms with E-state index in [1.807, 2.05) is 0 Å². The van der Waals surface area contributed by atoms with Crippen molar-refractivity contribution in [2.75, 3.05) is 0 Å². The molecule has 0 aliphatic rings. The van der Waals surface area contributed by atoms with Gasteiger partial charge in [0.15, 0.2) is 5.75 Å². The quantitative estimate of drug-likeness (QED) is 0.801. The molecule has 1 rings (SSSR count). The molecule has 0 amide bonds. The lowest BCUT2D eigenvalue weighted by Gasteiger charge is -2.04. The maximum atomic E-state index is 11.3. The molecule has 0 fully saturated rings. The molecule has 1 aromatic carbocycles. The van der Waals surface area contributed by atoms with Gasteiger partial charge in [-0.05, 0) is 37.0 Å². The molecule has 0 unspecified atom stereocenters. The van der Waals surface area contributed by atoms with Gasteiger partial charge in [0.2, 0.25) is 0 Å². The van der Waals surface area contributed by atoms with Gasteiger partial charge in [-0.25, -0.2) is 0 Å². The van der Waals surface area contributed by atoms with Crippen molar-refractivity contribution in [2.45, 2.75) is 26.7 Å². The summed E-state index contributed by atoms with van der Waals surface area (Å²) < 4.78 is 0. The van der Waals surface area contributed by atoms with E-state index in [2.05, 4.69) is 0 Å². The summed E-state index contributed by atoms with van der Waals surface area (Å²) in [5.41, 5.74) is 2.29. The number of benzene rings is 1. The van der Waals surface area contributed by atoms with Crippen molar-refractivity contribution in [3.63, 3.8) is 0 Å². The molecule has 1 N–H and O–H groups in total. The Bertz CT molecular complexity index is 333. The summed E-state index contributed by atoms with van der Waals surface area (Å²) >= 11 is 0. The van der Waals surface area contributed by atoms with Crippen molar-refractivity contribution in [3.8, 4) is 5.75 Å². The summed E-state index contributed by atoms with van der Waals surface area (Å²) in [7, 11) is 0. The minimum Gasteiger partial charge on any atom is -0.481 e. The van der Waals surface area contributed by atoms with E-state index in [9.17, 15) is 9.90 Å². The van der Waals surface area contributed by atoms with E-state index in [0.29, 0.717) is 17.5 Å². The molecule has 0 aliphatic heterocycles. The van der Waals surface area contributed by atoms with Crippen molar-refractivity contribution in [1.29, 1.82) is 0 Å². The van der Waals surface area contributed by atoms with Gasteiger partial charge in [-0.3, -0.25) is 9.90 Å². The summed E-state index contributed by atoms with van der Waals surface area (Å²) in [6, 6.07) is 3.52. The van der Waals surface area contributed by atoms with Crippen molar-refractivity contribution < 1.29 is 15.0 Å². The third kappa shape index (κ3) is 2.49. The van der Waals surface area contributed by atoms with Gasteiger partial charge in [-0.15, -0.1) is 0 Å². The second kappa shape index (κ2) is 4.13. The largest absolute Gasteiger partial charge is 0.481 e. The van der Waals surface area contributed by atoms with Gasteiger partial charge in [-0.1, -0.05) is 12.1 Å². The second-order valence-corrected chi connectivity index (χ2v) is 3.45. The Kier molecular flexibility index (Phi) is 3.12. The first-order chi connectivity index (χ1) is 6.50. The third-order valence-corrected chi connectivity index (χ3v) is 2.15. The number of aliphatic carboxylic acids is 1. The van der Waals surface area contributed by atoms with Crippen LogP contribution in [0.5, 0.6) is 5.75 Å². The van der Waals surface area contributed by atoms with Crippen LogP contribution < -0.4 is 0 Å². The normalized spacial score (nSPS) is 10.1. The Morgan fingerprint density at radius 2 is 1.79 bits per heavy atom. The van der Waals surface area contributed by atoms with Crippen LogP contribution in [0, 0.1) is 13.8 Å². The van der Waals surface area contributed by atoms with Crippen LogP contribution in [-0.4, -0.2) is 11.1 Å². The topological polar surface area (TPSA) is 57.2 Å². The lowest BCUT2D eigenvalue weighted by atomic mass is 10.0. The first kappa shape index (κ1) is 10.6. The van der Waals surface area contributed by atoms with Crippen LogP contribution in [0.4, 0.5) is 0 Å². The van der Waals surface area contributed by atoms with Gasteiger partial charge in [0.25, 0.3) is 0 Å². The number of hydrogen-bond donors (Lipinski definition) is 1. The Morgan fingerprint density at radius 3 is 2.21 bits per heavy atom. The van der Waals surface area contributed by atoms with Gasteiger partial charge in [0.1, 0.15) is 0 Å². The van der Waals surface area contributed by atoms with Crippen LogP contribution in [0.3, 0.4) is 0 Å². The van der Waals surface area contributed by atoms with E-state index in [4.69, 9.17) is 5.11 Å². The van der Waals surface area contributed by atoms with Crippen LogP contribution in [0.25, 0.3) is 0 Å². The number of hydrogen-bond acceptors (Lipinski definition) is 1. The van der Waals surface area contributed by atoms with Crippen molar-refractivity contribution >= 4 is 5.97 Å². The smallest absolute Gasteiger partial charge is 0.303 e. The molecule has 0 aliphatic carbocycles. The Labute approximate surface area is 83.0 Å². The SMILES string of the molecule is Cc1cc(CCC(=O)O)cc(C)c1[O]. The molecule has 0 saturated heterocycles. The van der Waals surface area contributed by atoms with Crippen molar-refractivity contribution in [2.24, 2.45) is 0 Å². The van der Waals surface area contributed by atoms with E-state index in [-0.39, 0.29) is 12.2 Å². The molecule has 14 heavy (non-hydrogen) atoms. The Morgan fingerprint density at radius 1 is 1.29 bits per heavy atom. The molecule has 1 radical (unpaired) electrons. The second-order valence-electron chi connectivity index (χ2n) is 3.45. The van der Waals surface area contributed by atoms with Gasteiger partial charge in [0, 0.05) is 6.42 Å². The molecular weight excluding hydrogens is 180 g/mol. The fraction of sp³-hybridized carbons (Fsp3) is 0.364. The highest BCUT2D eigenvalue weighted by Gasteiger charge is 2.06. The zero-order chi connectivity index (χ0) is 10.7. The summed E-state index contributed by atoms with van der Waals surface area (Å²) in [5.74, 6) is -0.768. The van der Waals surface area contributed by atoms with E-state index in [0.717, 1.165) is 5.56 Å². The van der Waals surface area contributed by atoms with Crippen molar-refractivity contribution in [3.05, 3.63) is 28.8 Å². The summed E-state index contributed by atoms with van der Waals surface area (Å²) in [4.78, 5) is 10.3. The van der Waals surface area contributed by atoms with Crippen molar-refractivity contribution in [1.82, 2.24) is 0 Å². The molecule has 75 valence electrons. The Balaban J connectivity index is 2.84. The number of aryl methyl sites for hydroxylation is 3. The minimum atomic E-state index is -0.813. The van der Waals surface area contributed by atoms with Crippen LogP contribution in [0.2, 0.25) is 0 Å². The van der Waals surface area contributed by atoms with E-state index >= 15 is 0 Å². The fourth-order valence-corrected chi connectivity index (χ4v) is 1.44. The Hall–Kier alpha value is -1.51. The number of carboxylic acids is 1. The standard InChI is InChI=1S/C11H13O3/c1-7-5-9(3-4-10(12)13)6-8(2)11(7)14/h5-6H,3-4H2,1-2H3,(H,12,13). The molecule has 1 aromatic rings. The average molecular weight is 193 g/mol. The summed E-state index contributed by atoms with van der Waals surface area (Å²) in [5, 5.41) is 19.8. The predicted molar refractivity (Wildman–Crippen MR) is 52.0 cm³/mol. The van der Waals surface area contributed by atoms with E-state index in [1.54, 1.807) is 26.0 Å². The molecule has 0 bridgehead atoms. The lowest BCUT2D eigenvalue weighted by Crippen LogP contribution is -1.98. The predicted octanol–water partition coefficient (Wildman–Crippen LogP) is 2.46. The minimum absolute atomic E-state index is 0.0454. The molecule has 3 heteroatoms. The van der Waals surface area contributed by atoms with Gasteiger partial charge < -0.3 is 5.11 Å². The maximum absolute atomic E-state index is 11.3. The first-order valence-corrected chi connectivity index (χ1v) is 4.49. The summed E-state index contributed by atoms with van der Waals surface area (Å²) in [6.45, 7) is 3.50. The first-order valence-electron chi connectivity index (χ1n) is 4.49. The highest BCUT2D eigenvalue weighted by atomic mass is 16.4. The number of carbonyl (C=O) groups is 1. The molecular formula is C11H13O3. The zero-order valence-electron chi connectivity index (χ0n) is 8.33. The van der Waals surface area contributed by atoms with Crippen LogP contribution >= 0.6 is 0 Å². The maximum Gasteiger partial charge on any atom is 0.303 e. The summed E-state index contributed by atoms with van der Waals surface area (Å²) in [6.07, 6.45) is 0.592. The lowest BCUT2D eigenvalue weighted by molar-refractivity contribution is -0.136. The van der Waals surface area contributed by atoms with Gasteiger partial charge in [0.05, 0.1) is 0 Å². The molecule has 0 spiro atoms. The van der Waals surface area contributed by atoms with Crippen LogP contribution in [0.1, 0.15) is 23.1 Å². The molecule has 0 atom stereocenters. The molecule has 0 saturated carbocycles. The zero-order valence-corrected chi connectivity index (χ0v) is 8.33. The fourth-order valence-electron chi connectivity index (χ4n) is 1.44. The molecule has 0 aromatic heterocycles. The highest BCUT2D eigenvalue weighted by molar-refractivity contribution is 5.67. The molecule has 3 nitrogen and oxygen atoms in total. The van der Waals surface area contributed by atoms with Crippen LogP contribution in [0.15, 0.2) is 12.1 Å². The average Bonchev–Trinajstić information content (AvgIpc) is 2.10. The highest BCUT2D eigenvalue weighted by Crippen LogP contribution is 2.24. The van der Waals surface area contributed by atoms with Gasteiger partial charge >= 0.3 is 5.97 Å². The number of carboxylic acid groups (broad SMARTS) is 1. The van der Waals surface area contributed by atoms with E-state index < -0.39 is 5.97 Å². The monoisotopic (exact) mass is 193 g/mol. The molecule has 0 heterocycles. The van der Waals surface area contributed by atoms with E-state index in [1.165, 1.54) is 0 Å².